The van der Waals surface area contributed by atoms with E-state index in [4.69, 9.17) is 27.9 Å². The van der Waals surface area contributed by atoms with E-state index in [1.165, 1.54) is 29.8 Å². The van der Waals surface area contributed by atoms with Crippen LogP contribution < -0.4 is 0 Å². The molecule has 1 unspecified atom stereocenters. The van der Waals surface area contributed by atoms with Crippen LogP contribution in [0, 0.1) is 0 Å². The number of hydrogen-bond acceptors (Lipinski definition) is 4. The second-order valence-corrected chi connectivity index (χ2v) is 9.47. The Balaban J connectivity index is 1.97. The molecule has 0 amide bonds. The molecule has 28 heavy (non-hydrogen) atoms. The molecule has 7 heteroatoms. The number of benzene rings is 2. The number of carbonyl (C=O) groups excluding carboxylic acids is 1. The van der Waals surface area contributed by atoms with Crippen molar-refractivity contribution in [3.63, 3.8) is 0 Å². The summed E-state index contributed by atoms with van der Waals surface area (Å²) < 4.78 is 30.9. The molecule has 0 bridgehead atoms. The van der Waals surface area contributed by atoms with Crippen LogP contribution in [0.1, 0.15) is 38.2 Å². The highest BCUT2D eigenvalue weighted by molar-refractivity contribution is 7.92. The van der Waals surface area contributed by atoms with Gasteiger partial charge in [-0.25, -0.2) is 8.42 Å². The Kier molecular flexibility index (Phi) is 8.80. The van der Waals surface area contributed by atoms with Crippen molar-refractivity contribution in [2.45, 2.75) is 49.2 Å². The predicted octanol–water partition coefficient (Wildman–Crippen LogP) is 5.50. The molecular formula is C21H24Cl2O4S. The molecule has 0 saturated carbocycles. The molecule has 0 aromatic heterocycles. The van der Waals surface area contributed by atoms with Gasteiger partial charge in [0.2, 0.25) is 0 Å². The van der Waals surface area contributed by atoms with E-state index in [9.17, 15) is 13.2 Å². The van der Waals surface area contributed by atoms with Gasteiger partial charge in [-0.05, 0) is 68.1 Å². The highest BCUT2D eigenvalue weighted by Crippen LogP contribution is 2.24. The normalized spacial score (nSPS) is 12.5. The predicted molar refractivity (Wildman–Crippen MR) is 113 cm³/mol. The van der Waals surface area contributed by atoms with Crippen LogP contribution in [-0.2, 0) is 25.8 Å². The summed E-state index contributed by atoms with van der Waals surface area (Å²) in [4.78, 5) is 12.4. The van der Waals surface area contributed by atoms with Crippen molar-refractivity contribution >= 4 is 39.0 Å². The van der Waals surface area contributed by atoms with Gasteiger partial charge in [-0.15, -0.1) is 0 Å². The van der Waals surface area contributed by atoms with Gasteiger partial charge in [-0.2, -0.15) is 0 Å². The fourth-order valence-electron chi connectivity index (χ4n) is 2.91. The summed E-state index contributed by atoms with van der Waals surface area (Å²) in [6, 6.07) is 13.5. The van der Waals surface area contributed by atoms with Crippen LogP contribution in [0.4, 0.5) is 0 Å². The quantitative estimate of drug-likeness (QED) is 0.359. The van der Waals surface area contributed by atoms with Gasteiger partial charge in [0, 0.05) is 10.0 Å². The van der Waals surface area contributed by atoms with Crippen LogP contribution in [0.5, 0.6) is 0 Å². The number of rotatable bonds is 10. The van der Waals surface area contributed by atoms with Crippen LogP contribution in [0.2, 0.25) is 10.0 Å². The molecule has 2 rings (SSSR count). The number of hydrogen-bond donors (Lipinski definition) is 0. The Hall–Kier alpha value is -1.56. The third-order valence-corrected chi connectivity index (χ3v) is 7.02. The number of ether oxygens (including phenoxy) is 1. The third kappa shape index (κ3) is 6.50. The number of sulfone groups is 1. The van der Waals surface area contributed by atoms with E-state index in [0.29, 0.717) is 16.5 Å². The van der Waals surface area contributed by atoms with E-state index < -0.39 is 21.1 Å². The molecule has 1 atom stereocenters. The summed E-state index contributed by atoms with van der Waals surface area (Å²) in [6.07, 6.45) is 3.44. The Bertz CT molecular complexity index is 862. The van der Waals surface area contributed by atoms with Crippen molar-refractivity contribution in [2.24, 2.45) is 0 Å². The fraction of sp³-hybridized carbons (Fsp3) is 0.381. The lowest BCUT2D eigenvalue weighted by Crippen LogP contribution is -2.32. The molecule has 0 aliphatic carbocycles. The highest BCUT2D eigenvalue weighted by Gasteiger charge is 2.34. The molecule has 0 saturated heterocycles. The molecule has 2 aromatic carbocycles. The minimum atomic E-state index is -3.83. The van der Waals surface area contributed by atoms with E-state index in [0.717, 1.165) is 19.3 Å². The summed E-state index contributed by atoms with van der Waals surface area (Å²) in [5, 5.41) is -0.0635. The van der Waals surface area contributed by atoms with Gasteiger partial charge < -0.3 is 4.74 Å². The molecule has 4 nitrogen and oxygen atoms in total. The van der Waals surface area contributed by atoms with E-state index in [1.807, 2.05) is 24.3 Å². The van der Waals surface area contributed by atoms with Gasteiger partial charge in [-0.3, -0.25) is 4.79 Å². The second kappa shape index (κ2) is 10.8. The first-order valence-electron chi connectivity index (χ1n) is 9.25. The van der Waals surface area contributed by atoms with Crippen molar-refractivity contribution in [3.05, 3.63) is 64.1 Å². The lowest BCUT2D eigenvalue weighted by molar-refractivity contribution is -0.142. The largest absolute Gasteiger partial charge is 0.465 e. The molecule has 0 spiro atoms. The Labute approximate surface area is 176 Å². The summed E-state index contributed by atoms with van der Waals surface area (Å²) in [5.41, 5.74) is 1.18. The van der Waals surface area contributed by atoms with Gasteiger partial charge in [0.25, 0.3) is 0 Å². The molecule has 152 valence electrons. The Morgan fingerprint density at radius 2 is 1.50 bits per heavy atom. The van der Waals surface area contributed by atoms with Crippen LogP contribution in [0.15, 0.2) is 53.4 Å². The van der Waals surface area contributed by atoms with E-state index in [1.54, 1.807) is 6.92 Å². The van der Waals surface area contributed by atoms with E-state index in [-0.39, 0.29) is 17.9 Å². The van der Waals surface area contributed by atoms with Gasteiger partial charge in [0.05, 0.1) is 11.5 Å². The average molecular weight is 443 g/mol. The topological polar surface area (TPSA) is 60.4 Å². The first-order chi connectivity index (χ1) is 13.3. The number of carbonyl (C=O) groups is 1. The van der Waals surface area contributed by atoms with Crippen LogP contribution in [0.3, 0.4) is 0 Å². The first kappa shape index (κ1) is 22.7. The minimum Gasteiger partial charge on any atom is -0.465 e. The van der Waals surface area contributed by atoms with Crippen LogP contribution in [-0.4, -0.2) is 26.2 Å². The van der Waals surface area contributed by atoms with E-state index in [2.05, 4.69) is 0 Å². The van der Waals surface area contributed by atoms with Crippen molar-refractivity contribution in [2.75, 3.05) is 6.61 Å². The summed E-state index contributed by atoms with van der Waals surface area (Å²) >= 11 is 11.7. The van der Waals surface area contributed by atoms with Gasteiger partial charge in [0.15, 0.2) is 15.1 Å². The Morgan fingerprint density at radius 3 is 2.07 bits per heavy atom. The monoisotopic (exact) mass is 442 g/mol. The molecular weight excluding hydrogens is 419 g/mol. The second-order valence-electron chi connectivity index (χ2n) is 6.47. The summed E-state index contributed by atoms with van der Waals surface area (Å²) in [6.45, 7) is 1.80. The molecule has 0 aliphatic rings. The fourth-order valence-corrected chi connectivity index (χ4v) is 4.80. The van der Waals surface area contributed by atoms with Crippen LogP contribution >= 0.6 is 23.2 Å². The smallest absolute Gasteiger partial charge is 0.324 e. The zero-order valence-electron chi connectivity index (χ0n) is 15.7. The summed E-state index contributed by atoms with van der Waals surface area (Å²) in [7, 11) is -3.83. The summed E-state index contributed by atoms with van der Waals surface area (Å²) in [5.74, 6) is -0.699. The zero-order chi connectivity index (χ0) is 20.6. The molecule has 0 radical (unpaired) electrons. The van der Waals surface area contributed by atoms with Crippen molar-refractivity contribution < 1.29 is 17.9 Å². The standard InChI is InChI=1S/C21H24Cl2O4S/c1-2-27-21(24)20(28(25,26)19-14-12-18(23)13-15-19)7-5-3-4-6-16-8-10-17(22)11-9-16/h8-15,20H,2-7H2,1H3. The number of unbranched alkanes of at least 4 members (excludes halogenated alkanes) is 2. The minimum absolute atomic E-state index is 0.0797. The maximum Gasteiger partial charge on any atom is 0.324 e. The third-order valence-electron chi connectivity index (χ3n) is 4.41. The number of aryl methyl sites for hydroxylation is 1. The highest BCUT2D eigenvalue weighted by atomic mass is 35.5. The molecule has 0 aliphatic heterocycles. The van der Waals surface area contributed by atoms with Crippen molar-refractivity contribution in [3.8, 4) is 0 Å². The lowest BCUT2D eigenvalue weighted by Gasteiger charge is -2.16. The maximum atomic E-state index is 12.9. The molecule has 2 aromatic rings. The van der Waals surface area contributed by atoms with Crippen molar-refractivity contribution in [1.82, 2.24) is 0 Å². The maximum absolute atomic E-state index is 12.9. The molecule has 0 fully saturated rings. The zero-order valence-corrected chi connectivity index (χ0v) is 18.1. The Morgan fingerprint density at radius 1 is 0.929 bits per heavy atom. The van der Waals surface area contributed by atoms with Gasteiger partial charge in [0.1, 0.15) is 0 Å². The van der Waals surface area contributed by atoms with Gasteiger partial charge >= 0.3 is 5.97 Å². The lowest BCUT2D eigenvalue weighted by atomic mass is 10.1. The number of halogens is 2. The average Bonchev–Trinajstić information content (AvgIpc) is 2.66. The molecule has 0 heterocycles. The SMILES string of the molecule is CCOC(=O)C(CCCCCc1ccc(Cl)cc1)S(=O)(=O)c1ccc(Cl)cc1. The van der Waals surface area contributed by atoms with Crippen molar-refractivity contribution in [1.29, 1.82) is 0 Å². The van der Waals surface area contributed by atoms with Crippen LogP contribution in [0.25, 0.3) is 0 Å². The van der Waals surface area contributed by atoms with Gasteiger partial charge in [-0.1, -0.05) is 48.2 Å². The number of esters is 1. The van der Waals surface area contributed by atoms with E-state index >= 15 is 0 Å². The molecule has 0 N–H and O–H groups in total. The first-order valence-corrected chi connectivity index (χ1v) is 11.6.